The molecule has 1 aliphatic rings. The molecule has 1 heterocycles. The maximum absolute atomic E-state index is 10.9. The van der Waals surface area contributed by atoms with Crippen molar-refractivity contribution >= 4 is 40.9 Å². The van der Waals surface area contributed by atoms with Crippen molar-refractivity contribution < 1.29 is 14.4 Å². The first-order chi connectivity index (χ1) is 6.00. The zero-order valence-corrected chi connectivity index (χ0v) is 7.85. The second-order valence-electron chi connectivity index (χ2n) is 2.48. The number of carbonyl (C=O) groups is 3. The van der Waals surface area contributed by atoms with Crippen LogP contribution in [0.15, 0.2) is 0 Å². The average Bonchev–Trinajstić information content (AvgIpc) is 2.30. The van der Waals surface area contributed by atoms with Crippen molar-refractivity contribution in [2.75, 3.05) is 0 Å². The third-order valence-electron chi connectivity index (χ3n) is 1.48. The Morgan fingerprint density at radius 1 is 1.54 bits per heavy atom. The van der Waals surface area contributed by atoms with Gasteiger partial charge in [-0.2, -0.15) is 0 Å². The minimum atomic E-state index is -1.23. The third-order valence-corrected chi connectivity index (χ3v) is 1.88. The summed E-state index contributed by atoms with van der Waals surface area (Å²) < 4.78 is 0. The van der Waals surface area contributed by atoms with E-state index in [0.717, 1.165) is 0 Å². The fraction of sp³-hybridized carbons (Fsp3) is 0.500. The van der Waals surface area contributed by atoms with Crippen LogP contribution in [0.3, 0.4) is 0 Å². The molecule has 1 rings (SSSR count). The lowest BCUT2D eigenvalue weighted by atomic mass is 10.2. The summed E-state index contributed by atoms with van der Waals surface area (Å²) in [6.45, 7) is 0. The average molecular weight is 225 g/mol. The molecular formula is C6H6Cl2N2O3. The van der Waals surface area contributed by atoms with Gasteiger partial charge in [0.2, 0.25) is 11.8 Å². The van der Waals surface area contributed by atoms with Crippen LogP contribution in [0.5, 0.6) is 0 Å². The van der Waals surface area contributed by atoms with Crippen LogP contribution in [0, 0.1) is 0 Å². The molecule has 1 saturated heterocycles. The lowest BCUT2D eigenvalue weighted by Crippen LogP contribution is -2.42. The quantitative estimate of drug-likeness (QED) is 0.483. The molecule has 7 heteroatoms. The maximum Gasteiger partial charge on any atom is 0.253 e. The predicted octanol–water partition coefficient (Wildman–Crippen LogP) is -0.679. The normalized spacial score (nSPS) is 21.9. The monoisotopic (exact) mass is 224 g/mol. The van der Waals surface area contributed by atoms with E-state index in [2.05, 4.69) is 5.32 Å². The highest BCUT2D eigenvalue weighted by Gasteiger charge is 2.32. The molecule has 0 bridgehead atoms. The standard InChI is InChI=1S/C6H6Cl2N2O3/c7-4(8)6(13)9-2-1-3(11)10-5(2)12/h2,4H,1H2,(H,9,13)(H,10,11,12). The Balaban J connectivity index is 2.51. The number of imide groups is 1. The van der Waals surface area contributed by atoms with Crippen molar-refractivity contribution in [3.63, 3.8) is 0 Å². The molecule has 0 aromatic heterocycles. The fourth-order valence-corrected chi connectivity index (χ4v) is 1.03. The van der Waals surface area contributed by atoms with E-state index in [4.69, 9.17) is 23.2 Å². The first-order valence-electron chi connectivity index (χ1n) is 3.43. The highest BCUT2D eigenvalue weighted by atomic mass is 35.5. The fourth-order valence-electron chi connectivity index (χ4n) is 0.905. The molecule has 13 heavy (non-hydrogen) atoms. The van der Waals surface area contributed by atoms with Crippen molar-refractivity contribution in [1.82, 2.24) is 10.6 Å². The van der Waals surface area contributed by atoms with E-state index in [1.54, 1.807) is 0 Å². The van der Waals surface area contributed by atoms with Gasteiger partial charge in [0.05, 0.1) is 6.42 Å². The molecule has 0 aromatic rings. The molecule has 72 valence electrons. The van der Waals surface area contributed by atoms with Gasteiger partial charge in [0.15, 0.2) is 4.84 Å². The van der Waals surface area contributed by atoms with Gasteiger partial charge in [-0.25, -0.2) is 0 Å². The SMILES string of the molecule is O=C1CC(NC(=O)C(Cl)Cl)C(=O)N1. The molecule has 5 nitrogen and oxygen atoms in total. The van der Waals surface area contributed by atoms with Crippen molar-refractivity contribution in [3.8, 4) is 0 Å². The van der Waals surface area contributed by atoms with Gasteiger partial charge in [-0.15, -0.1) is 0 Å². The summed E-state index contributed by atoms with van der Waals surface area (Å²) in [5, 5.41) is 4.26. The van der Waals surface area contributed by atoms with Crippen molar-refractivity contribution in [2.45, 2.75) is 17.3 Å². The summed E-state index contributed by atoms with van der Waals surface area (Å²) in [5.41, 5.74) is 0. The van der Waals surface area contributed by atoms with E-state index >= 15 is 0 Å². The van der Waals surface area contributed by atoms with Crippen LogP contribution in [0.2, 0.25) is 0 Å². The third kappa shape index (κ3) is 2.57. The number of amides is 3. The van der Waals surface area contributed by atoms with E-state index in [0.29, 0.717) is 0 Å². The number of hydrogen-bond donors (Lipinski definition) is 2. The summed E-state index contributed by atoms with van der Waals surface area (Å²) in [6.07, 6.45) is -0.0644. The summed E-state index contributed by atoms with van der Waals surface area (Å²) in [5.74, 6) is -1.64. The number of hydrogen-bond acceptors (Lipinski definition) is 3. The summed E-state index contributed by atoms with van der Waals surface area (Å²) in [4.78, 5) is 31.2. The molecule has 3 amide bonds. The lowest BCUT2D eigenvalue weighted by Gasteiger charge is -2.08. The zero-order valence-electron chi connectivity index (χ0n) is 6.34. The van der Waals surface area contributed by atoms with Crippen LogP contribution in [0.25, 0.3) is 0 Å². The predicted molar refractivity (Wildman–Crippen MR) is 45.2 cm³/mol. The van der Waals surface area contributed by atoms with Gasteiger partial charge < -0.3 is 5.32 Å². The number of halogens is 2. The van der Waals surface area contributed by atoms with E-state index in [1.807, 2.05) is 5.32 Å². The van der Waals surface area contributed by atoms with Crippen molar-refractivity contribution in [1.29, 1.82) is 0 Å². The van der Waals surface area contributed by atoms with E-state index in [9.17, 15) is 14.4 Å². The number of carbonyl (C=O) groups excluding carboxylic acids is 3. The lowest BCUT2D eigenvalue weighted by molar-refractivity contribution is -0.127. The molecule has 0 spiro atoms. The van der Waals surface area contributed by atoms with Crippen LogP contribution in [-0.2, 0) is 14.4 Å². The smallest absolute Gasteiger partial charge is 0.253 e. The Hall–Kier alpha value is -0.810. The van der Waals surface area contributed by atoms with Crippen LogP contribution in [-0.4, -0.2) is 28.6 Å². The van der Waals surface area contributed by atoms with Gasteiger partial charge in [-0.05, 0) is 0 Å². The maximum atomic E-state index is 10.9. The van der Waals surface area contributed by atoms with E-state index in [1.165, 1.54) is 0 Å². The molecule has 0 radical (unpaired) electrons. The highest BCUT2D eigenvalue weighted by Crippen LogP contribution is 2.05. The van der Waals surface area contributed by atoms with Crippen LogP contribution in [0.4, 0.5) is 0 Å². The summed E-state index contributed by atoms with van der Waals surface area (Å²) in [6, 6.07) is -0.847. The molecule has 0 aliphatic carbocycles. The van der Waals surface area contributed by atoms with E-state index in [-0.39, 0.29) is 6.42 Å². The van der Waals surface area contributed by atoms with Crippen molar-refractivity contribution in [3.05, 3.63) is 0 Å². The molecule has 1 atom stereocenters. The zero-order chi connectivity index (χ0) is 10.0. The molecule has 0 saturated carbocycles. The molecule has 2 N–H and O–H groups in total. The van der Waals surface area contributed by atoms with Crippen molar-refractivity contribution in [2.24, 2.45) is 0 Å². The number of alkyl halides is 2. The molecule has 1 aliphatic heterocycles. The largest absolute Gasteiger partial charge is 0.341 e. The van der Waals surface area contributed by atoms with Gasteiger partial charge in [-0.3, -0.25) is 19.7 Å². The van der Waals surface area contributed by atoms with Gasteiger partial charge >= 0.3 is 0 Å². The molecular weight excluding hydrogens is 219 g/mol. The first kappa shape index (κ1) is 10.3. The Morgan fingerprint density at radius 3 is 2.54 bits per heavy atom. The Labute approximate surface area is 83.7 Å². The molecule has 1 fully saturated rings. The topological polar surface area (TPSA) is 75.3 Å². The second kappa shape index (κ2) is 3.93. The van der Waals surface area contributed by atoms with Gasteiger partial charge in [0.1, 0.15) is 6.04 Å². The van der Waals surface area contributed by atoms with Crippen LogP contribution < -0.4 is 10.6 Å². The van der Waals surface area contributed by atoms with Crippen LogP contribution >= 0.6 is 23.2 Å². The number of nitrogens with one attached hydrogen (secondary N) is 2. The summed E-state index contributed by atoms with van der Waals surface area (Å²) in [7, 11) is 0. The van der Waals surface area contributed by atoms with Crippen LogP contribution in [0.1, 0.15) is 6.42 Å². The Bertz CT molecular complexity index is 267. The minimum absolute atomic E-state index is 0.0644. The van der Waals surface area contributed by atoms with Gasteiger partial charge in [0, 0.05) is 0 Å². The molecule has 0 aromatic carbocycles. The minimum Gasteiger partial charge on any atom is -0.341 e. The first-order valence-corrected chi connectivity index (χ1v) is 4.30. The summed E-state index contributed by atoms with van der Waals surface area (Å²) >= 11 is 10.5. The molecule has 1 unspecified atom stereocenters. The second-order valence-corrected chi connectivity index (χ2v) is 3.57. The Kier molecular flexibility index (Phi) is 3.11. The van der Waals surface area contributed by atoms with Gasteiger partial charge in [-0.1, -0.05) is 23.2 Å². The number of rotatable bonds is 2. The Morgan fingerprint density at radius 2 is 2.15 bits per heavy atom. The van der Waals surface area contributed by atoms with Gasteiger partial charge in [0.25, 0.3) is 5.91 Å². The van der Waals surface area contributed by atoms with E-state index < -0.39 is 28.6 Å². The highest BCUT2D eigenvalue weighted by molar-refractivity contribution is 6.53.